The number of hydrogen-bond donors (Lipinski definition) is 1. The summed E-state index contributed by atoms with van der Waals surface area (Å²) in [6.45, 7) is 4.47. The number of ether oxygens (including phenoxy) is 1. The number of carbonyl (C=O) groups excluding carboxylic acids is 2. The summed E-state index contributed by atoms with van der Waals surface area (Å²) in [5.41, 5.74) is 1.15. The van der Waals surface area contributed by atoms with Crippen LogP contribution in [0.3, 0.4) is 0 Å². The van der Waals surface area contributed by atoms with E-state index >= 15 is 0 Å². The summed E-state index contributed by atoms with van der Waals surface area (Å²) in [6.07, 6.45) is 1.26. The molecule has 0 unspecified atom stereocenters. The quantitative estimate of drug-likeness (QED) is 0.136. The number of nitro benzene ring substituents is 1. The Morgan fingerprint density at radius 2 is 1.82 bits per heavy atom. The Morgan fingerprint density at radius 3 is 2.44 bits per heavy atom. The van der Waals surface area contributed by atoms with Gasteiger partial charge < -0.3 is 10.1 Å². The van der Waals surface area contributed by atoms with E-state index in [0.717, 1.165) is 11.4 Å². The van der Waals surface area contributed by atoms with Crippen molar-refractivity contribution < 1.29 is 19.2 Å². The fourth-order valence-corrected chi connectivity index (χ4v) is 4.03. The SMILES string of the molecule is CCOc1ccc(-n2c(CCCNC(C)=O)nnc2SCC(=O)c2ccc([N+](=O)[O-])cc2)cc1. The molecule has 3 aromatic rings. The molecule has 0 radical (unpaired) electrons. The van der Waals surface area contributed by atoms with E-state index in [1.807, 2.05) is 35.8 Å². The van der Waals surface area contributed by atoms with Gasteiger partial charge in [-0.25, -0.2) is 0 Å². The lowest BCUT2D eigenvalue weighted by molar-refractivity contribution is -0.384. The number of non-ortho nitro benzene ring substituents is 1. The van der Waals surface area contributed by atoms with Gasteiger partial charge in [-0.3, -0.25) is 24.3 Å². The van der Waals surface area contributed by atoms with Gasteiger partial charge in [-0.2, -0.15) is 0 Å². The Kier molecular flexibility index (Phi) is 8.74. The van der Waals surface area contributed by atoms with Crippen LogP contribution < -0.4 is 10.1 Å². The number of aryl methyl sites for hydroxylation is 1. The fraction of sp³-hybridized carbons (Fsp3) is 0.304. The third-order valence-electron chi connectivity index (χ3n) is 4.79. The molecular weight excluding hydrogens is 458 g/mol. The minimum absolute atomic E-state index is 0.0663. The molecular formula is C23H25N5O5S. The smallest absolute Gasteiger partial charge is 0.269 e. The van der Waals surface area contributed by atoms with Gasteiger partial charge in [-0.1, -0.05) is 11.8 Å². The zero-order chi connectivity index (χ0) is 24.5. The molecule has 1 heterocycles. The molecule has 10 nitrogen and oxygen atoms in total. The molecule has 1 amide bonds. The first-order valence-corrected chi connectivity index (χ1v) is 11.7. The van der Waals surface area contributed by atoms with Crippen LogP contribution in [-0.4, -0.2) is 50.3 Å². The summed E-state index contributed by atoms with van der Waals surface area (Å²) >= 11 is 1.24. The van der Waals surface area contributed by atoms with Gasteiger partial charge in [-0.15, -0.1) is 10.2 Å². The Labute approximate surface area is 200 Å². The molecule has 0 fully saturated rings. The molecule has 1 N–H and O–H groups in total. The van der Waals surface area contributed by atoms with Gasteiger partial charge in [-0.05, 0) is 49.7 Å². The van der Waals surface area contributed by atoms with Gasteiger partial charge in [0.25, 0.3) is 5.69 Å². The number of hydrogen-bond acceptors (Lipinski definition) is 8. The summed E-state index contributed by atoms with van der Waals surface area (Å²) in [4.78, 5) is 34.1. The van der Waals surface area contributed by atoms with Crippen molar-refractivity contribution in [2.75, 3.05) is 18.9 Å². The normalized spacial score (nSPS) is 10.6. The molecule has 11 heteroatoms. The van der Waals surface area contributed by atoms with E-state index < -0.39 is 4.92 Å². The predicted molar refractivity (Wildman–Crippen MR) is 128 cm³/mol. The van der Waals surface area contributed by atoms with E-state index in [2.05, 4.69) is 15.5 Å². The molecule has 0 bridgehead atoms. The standard InChI is InChI=1S/C23H25N5O5S/c1-3-33-20-12-10-18(11-13-20)27-22(5-4-14-24-16(2)29)25-26-23(27)34-15-21(30)17-6-8-19(9-7-17)28(31)32/h6-13H,3-5,14-15H2,1-2H3,(H,24,29). The van der Waals surface area contributed by atoms with Crippen LogP contribution in [0.2, 0.25) is 0 Å². The summed E-state index contributed by atoms with van der Waals surface area (Å²) in [5.74, 6) is 1.29. The van der Waals surface area contributed by atoms with E-state index in [-0.39, 0.29) is 23.1 Å². The molecule has 3 rings (SSSR count). The van der Waals surface area contributed by atoms with Crippen LogP contribution >= 0.6 is 11.8 Å². The first kappa shape index (κ1) is 24.9. The molecule has 0 aliphatic heterocycles. The zero-order valence-electron chi connectivity index (χ0n) is 18.9. The highest BCUT2D eigenvalue weighted by Gasteiger charge is 2.17. The maximum atomic E-state index is 12.6. The number of nitrogens with zero attached hydrogens (tertiary/aromatic N) is 4. The predicted octanol–water partition coefficient (Wildman–Crippen LogP) is 3.62. The fourth-order valence-electron chi connectivity index (χ4n) is 3.17. The van der Waals surface area contributed by atoms with Crippen molar-refractivity contribution in [1.82, 2.24) is 20.1 Å². The van der Waals surface area contributed by atoms with Crippen molar-refractivity contribution in [2.45, 2.75) is 31.8 Å². The van der Waals surface area contributed by atoms with Crippen molar-refractivity contribution in [3.8, 4) is 11.4 Å². The van der Waals surface area contributed by atoms with E-state index in [9.17, 15) is 19.7 Å². The van der Waals surface area contributed by atoms with Crippen molar-refractivity contribution in [3.63, 3.8) is 0 Å². The van der Waals surface area contributed by atoms with Crippen molar-refractivity contribution in [3.05, 3.63) is 70.0 Å². The van der Waals surface area contributed by atoms with E-state index in [4.69, 9.17) is 4.74 Å². The molecule has 2 aromatic carbocycles. The first-order chi connectivity index (χ1) is 16.4. The number of nitro groups is 1. The molecule has 178 valence electrons. The van der Waals surface area contributed by atoms with Crippen molar-refractivity contribution in [1.29, 1.82) is 0 Å². The van der Waals surface area contributed by atoms with Gasteiger partial charge in [0.05, 0.1) is 17.3 Å². The second-order valence-corrected chi connectivity index (χ2v) is 8.21. The van der Waals surface area contributed by atoms with E-state index in [0.29, 0.717) is 42.5 Å². The van der Waals surface area contributed by atoms with Crippen LogP contribution in [0, 0.1) is 10.1 Å². The number of carbonyl (C=O) groups is 2. The lowest BCUT2D eigenvalue weighted by Crippen LogP contribution is -2.21. The van der Waals surface area contributed by atoms with Crippen molar-refractivity contribution >= 4 is 29.1 Å². The number of ketones is 1. The van der Waals surface area contributed by atoms with Crippen molar-refractivity contribution in [2.24, 2.45) is 0 Å². The molecule has 34 heavy (non-hydrogen) atoms. The molecule has 0 saturated heterocycles. The lowest BCUT2D eigenvalue weighted by atomic mass is 10.1. The van der Waals surface area contributed by atoms with Gasteiger partial charge in [0.15, 0.2) is 10.9 Å². The minimum Gasteiger partial charge on any atom is -0.494 e. The number of aromatic nitrogens is 3. The maximum Gasteiger partial charge on any atom is 0.269 e. The molecule has 0 saturated carbocycles. The average Bonchev–Trinajstić information content (AvgIpc) is 3.23. The van der Waals surface area contributed by atoms with Gasteiger partial charge in [0, 0.05) is 43.3 Å². The van der Waals surface area contributed by atoms with Crippen LogP contribution in [0.1, 0.15) is 36.5 Å². The van der Waals surface area contributed by atoms with Crippen LogP contribution in [0.5, 0.6) is 5.75 Å². The third-order valence-corrected chi connectivity index (χ3v) is 5.72. The Bertz CT molecular complexity index is 1150. The zero-order valence-corrected chi connectivity index (χ0v) is 19.7. The highest BCUT2D eigenvalue weighted by atomic mass is 32.2. The molecule has 0 atom stereocenters. The van der Waals surface area contributed by atoms with Gasteiger partial charge in [0.2, 0.25) is 5.91 Å². The third kappa shape index (κ3) is 6.64. The van der Waals surface area contributed by atoms with E-state index in [1.54, 1.807) is 0 Å². The topological polar surface area (TPSA) is 129 Å². The first-order valence-electron chi connectivity index (χ1n) is 10.7. The Morgan fingerprint density at radius 1 is 1.12 bits per heavy atom. The number of Topliss-reactive ketones (excluding diaryl/α,β-unsaturated/α-hetero) is 1. The van der Waals surface area contributed by atoms with Crippen LogP contribution in [-0.2, 0) is 11.2 Å². The molecule has 0 spiro atoms. The summed E-state index contributed by atoms with van der Waals surface area (Å²) in [7, 11) is 0. The van der Waals surface area contributed by atoms with Gasteiger partial charge >= 0.3 is 0 Å². The van der Waals surface area contributed by atoms with Crippen LogP contribution in [0.15, 0.2) is 53.7 Å². The second kappa shape index (κ2) is 11.9. The summed E-state index contributed by atoms with van der Waals surface area (Å²) in [5, 5.41) is 22.7. The average molecular weight is 484 g/mol. The number of amides is 1. The maximum absolute atomic E-state index is 12.6. The lowest BCUT2D eigenvalue weighted by Gasteiger charge is -2.11. The summed E-state index contributed by atoms with van der Waals surface area (Å²) < 4.78 is 7.41. The highest BCUT2D eigenvalue weighted by molar-refractivity contribution is 7.99. The Hall–Kier alpha value is -3.73. The van der Waals surface area contributed by atoms with Gasteiger partial charge in [0.1, 0.15) is 11.6 Å². The number of benzene rings is 2. The number of thioether (sulfide) groups is 1. The monoisotopic (exact) mass is 483 g/mol. The van der Waals surface area contributed by atoms with Crippen LogP contribution in [0.25, 0.3) is 5.69 Å². The minimum atomic E-state index is -0.504. The molecule has 0 aliphatic rings. The number of rotatable bonds is 12. The highest BCUT2D eigenvalue weighted by Crippen LogP contribution is 2.25. The molecule has 0 aliphatic carbocycles. The van der Waals surface area contributed by atoms with E-state index in [1.165, 1.54) is 43.0 Å². The summed E-state index contributed by atoms with van der Waals surface area (Å²) in [6, 6.07) is 13.0. The Balaban J connectivity index is 1.77. The largest absolute Gasteiger partial charge is 0.494 e. The second-order valence-electron chi connectivity index (χ2n) is 7.26. The molecule has 1 aromatic heterocycles. The number of nitrogens with one attached hydrogen (secondary N) is 1. The van der Waals surface area contributed by atoms with Crippen LogP contribution in [0.4, 0.5) is 5.69 Å².